The van der Waals surface area contributed by atoms with Crippen LogP contribution in [0.1, 0.15) is 17.5 Å². The molecule has 1 N–H and O–H groups in total. The number of ether oxygens (including phenoxy) is 1. The van der Waals surface area contributed by atoms with Crippen LogP contribution in [0.25, 0.3) is 0 Å². The van der Waals surface area contributed by atoms with Gasteiger partial charge in [0.2, 0.25) is 0 Å². The van der Waals surface area contributed by atoms with Crippen LogP contribution in [0.5, 0.6) is 0 Å². The van der Waals surface area contributed by atoms with Crippen molar-refractivity contribution in [1.82, 2.24) is 5.32 Å². The number of carbonyl (C=O) groups excluding carboxylic acids is 1. The summed E-state index contributed by atoms with van der Waals surface area (Å²) in [4.78, 5) is 12.0. The Morgan fingerprint density at radius 2 is 2.11 bits per heavy atom. The van der Waals surface area contributed by atoms with Crippen molar-refractivity contribution in [3.63, 3.8) is 0 Å². The van der Waals surface area contributed by atoms with Crippen LogP contribution in [0, 0.1) is 0 Å². The van der Waals surface area contributed by atoms with Crippen LogP contribution in [0.2, 0.25) is 0 Å². The lowest BCUT2D eigenvalue weighted by Crippen LogP contribution is -2.51. The normalized spacial score (nSPS) is 22.1. The van der Waals surface area contributed by atoms with Gasteiger partial charge in [0.1, 0.15) is 5.54 Å². The minimum Gasteiger partial charge on any atom is -0.467 e. The molecule has 1 aliphatic carbocycles. The van der Waals surface area contributed by atoms with E-state index in [9.17, 15) is 18.0 Å². The summed E-state index contributed by atoms with van der Waals surface area (Å²) in [5.74, 6) is -0.679. The van der Waals surface area contributed by atoms with Crippen molar-refractivity contribution in [3.8, 4) is 0 Å². The first-order valence-corrected chi connectivity index (χ1v) is 5.88. The van der Waals surface area contributed by atoms with Crippen LogP contribution in [-0.4, -0.2) is 25.8 Å². The van der Waals surface area contributed by atoms with Crippen LogP contribution in [-0.2, 0) is 21.5 Å². The lowest BCUT2D eigenvalue weighted by atomic mass is 9.91. The first-order chi connectivity index (χ1) is 8.89. The Bertz CT molecular complexity index is 487. The van der Waals surface area contributed by atoms with Gasteiger partial charge in [-0.3, -0.25) is 5.32 Å². The Morgan fingerprint density at radius 1 is 1.42 bits per heavy atom. The lowest BCUT2D eigenvalue weighted by molar-refractivity contribution is -0.154. The predicted octanol–water partition coefficient (Wildman–Crippen LogP) is 2.15. The molecule has 1 aromatic rings. The predicted molar refractivity (Wildman–Crippen MR) is 62.5 cm³/mol. The lowest BCUT2D eigenvalue weighted by Gasteiger charge is -2.29. The zero-order chi connectivity index (χ0) is 14.1. The maximum atomic E-state index is 12.4. The highest BCUT2D eigenvalue weighted by Gasteiger charge is 2.47. The SMILES string of the molecule is COC(=O)C1(NCC(F)(F)F)CCc2ccccc21. The molecular formula is C13H14F3NO2. The number of hydrogen-bond donors (Lipinski definition) is 1. The van der Waals surface area contributed by atoms with E-state index in [0.29, 0.717) is 12.0 Å². The molecule has 0 radical (unpaired) electrons. The highest BCUT2D eigenvalue weighted by Crippen LogP contribution is 2.38. The third-order valence-corrected chi connectivity index (χ3v) is 3.37. The maximum absolute atomic E-state index is 12.4. The van der Waals surface area contributed by atoms with Gasteiger partial charge in [0.05, 0.1) is 13.7 Å². The Morgan fingerprint density at radius 3 is 2.74 bits per heavy atom. The summed E-state index contributed by atoms with van der Waals surface area (Å²) < 4.78 is 41.9. The van der Waals surface area contributed by atoms with Crippen LogP contribution in [0.15, 0.2) is 24.3 Å². The Balaban J connectivity index is 2.35. The Kier molecular flexibility index (Phi) is 3.54. The van der Waals surface area contributed by atoms with E-state index < -0.39 is 24.2 Å². The number of aryl methyl sites for hydroxylation is 1. The van der Waals surface area contributed by atoms with Crippen LogP contribution >= 0.6 is 0 Å². The second kappa shape index (κ2) is 4.85. The standard InChI is InChI=1S/C13H14F3NO2/c1-19-11(18)12(17-8-13(14,15)16)7-6-9-4-2-3-5-10(9)12/h2-5,17H,6-8H2,1H3. The highest BCUT2D eigenvalue weighted by molar-refractivity contribution is 5.84. The number of benzene rings is 1. The second-order valence-electron chi connectivity index (χ2n) is 4.52. The smallest absolute Gasteiger partial charge is 0.401 e. The molecule has 0 saturated heterocycles. The summed E-state index contributed by atoms with van der Waals surface area (Å²) in [5, 5.41) is 2.34. The number of rotatable bonds is 3. The van der Waals surface area contributed by atoms with Gasteiger partial charge in [0.15, 0.2) is 0 Å². The van der Waals surface area contributed by atoms with E-state index in [4.69, 9.17) is 4.74 Å². The molecule has 0 saturated carbocycles. The van der Waals surface area contributed by atoms with E-state index >= 15 is 0 Å². The topological polar surface area (TPSA) is 38.3 Å². The third kappa shape index (κ3) is 2.58. The van der Waals surface area contributed by atoms with Crippen LogP contribution in [0.3, 0.4) is 0 Å². The molecule has 1 aliphatic rings. The summed E-state index contributed by atoms with van der Waals surface area (Å²) in [6.07, 6.45) is -3.55. The zero-order valence-electron chi connectivity index (χ0n) is 10.4. The van der Waals surface area contributed by atoms with Crippen molar-refractivity contribution in [2.75, 3.05) is 13.7 Å². The first kappa shape index (κ1) is 13.9. The molecule has 3 nitrogen and oxygen atoms in total. The van der Waals surface area contributed by atoms with Gasteiger partial charge in [-0.05, 0) is 24.0 Å². The van der Waals surface area contributed by atoms with Gasteiger partial charge in [0, 0.05) is 0 Å². The summed E-state index contributed by atoms with van der Waals surface area (Å²) >= 11 is 0. The van der Waals surface area contributed by atoms with Gasteiger partial charge in [-0.2, -0.15) is 13.2 Å². The van der Waals surface area contributed by atoms with Gasteiger partial charge in [-0.25, -0.2) is 4.79 Å². The van der Waals surface area contributed by atoms with E-state index in [-0.39, 0.29) is 6.42 Å². The fraction of sp³-hybridized carbons (Fsp3) is 0.462. The molecule has 1 aromatic carbocycles. The van der Waals surface area contributed by atoms with Crippen molar-refractivity contribution in [2.45, 2.75) is 24.6 Å². The molecule has 0 bridgehead atoms. The Hall–Kier alpha value is -1.56. The summed E-state index contributed by atoms with van der Waals surface area (Å²) in [7, 11) is 1.18. The number of nitrogens with one attached hydrogen (secondary N) is 1. The van der Waals surface area contributed by atoms with Gasteiger partial charge in [-0.1, -0.05) is 24.3 Å². The largest absolute Gasteiger partial charge is 0.467 e. The molecule has 2 rings (SSSR count). The van der Waals surface area contributed by atoms with E-state index in [1.807, 2.05) is 6.07 Å². The van der Waals surface area contributed by atoms with Gasteiger partial charge in [-0.15, -0.1) is 0 Å². The van der Waals surface area contributed by atoms with E-state index in [1.54, 1.807) is 18.2 Å². The number of esters is 1. The molecule has 104 valence electrons. The number of hydrogen-bond acceptors (Lipinski definition) is 3. The molecule has 0 aromatic heterocycles. The molecular weight excluding hydrogens is 259 g/mol. The molecule has 0 heterocycles. The fourth-order valence-electron chi connectivity index (χ4n) is 2.50. The molecule has 0 spiro atoms. The molecule has 1 unspecified atom stereocenters. The minimum atomic E-state index is -4.38. The van der Waals surface area contributed by atoms with Crippen LogP contribution < -0.4 is 5.32 Å². The summed E-state index contributed by atoms with van der Waals surface area (Å²) in [6.45, 7) is -1.23. The number of alkyl halides is 3. The quantitative estimate of drug-likeness (QED) is 0.858. The Labute approximate surface area is 108 Å². The fourth-order valence-corrected chi connectivity index (χ4v) is 2.50. The van der Waals surface area contributed by atoms with Crippen LogP contribution in [0.4, 0.5) is 13.2 Å². The average molecular weight is 273 g/mol. The van der Waals surface area contributed by atoms with Gasteiger partial charge in [0.25, 0.3) is 0 Å². The average Bonchev–Trinajstić information content (AvgIpc) is 2.75. The second-order valence-corrected chi connectivity index (χ2v) is 4.52. The van der Waals surface area contributed by atoms with Crippen molar-refractivity contribution in [3.05, 3.63) is 35.4 Å². The summed E-state index contributed by atoms with van der Waals surface area (Å²) in [6, 6.07) is 6.99. The summed E-state index contributed by atoms with van der Waals surface area (Å²) in [5.41, 5.74) is 0.0644. The maximum Gasteiger partial charge on any atom is 0.401 e. The number of methoxy groups -OCH3 is 1. The van der Waals surface area contributed by atoms with Crippen molar-refractivity contribution in [2.24, 2.45) is 0 Å². The molecule has 0 amide bonds. The third-order valence-electron chi connectivity index (χ3n) is 3.37. The number of halogens is 3. The van der Waals surface area contributed by atoms with Crippen molar-refractivity contribution >= 4 is 5.97 Å². The van der Waals surface area contributed by atoms with E-state index in [1.165, 1.54) is 7.11 Å². The number of carbonyl (C=O) groups is 1. The highest BCUT2D eigenvalue weighted by atomic mass is 19.4. The number of fused-ring (bicyclic) bond motifs is 1. The monoisotopic (exact) mass is 273 g/mol. The first-order valence-electron chi connectivity index (χ1n) is 5.88. The van der Waals surface area contributed by atoms with E-state index in [0.717, 1.165) is 5.56 Å². The molecule has 6 heteroatoms. The molecule has 0 aliphatic heterocycles. The molecule has 19 heavy (non-hydrogen) atoms. The van der Waals surface area contributed by atoms with Gasteiger partial charge < -0.3 is 4.74 Å². The molecule has 0 fully saturated rings. The van der Waals surface area contributed by atoms with Crippen molar-refractivity contribution < 1.29 is 22.7 Å². The molecule has 1 atom stereocenters. The minimum absolute atomic E-state index is 0.273. The van der Waals surface area contributed by atoms with Gasteiger partial charge >= 0.3 is 12.1 Å². The van der Waals surface area contributed by atoms with E-state index in [2.05, 4.69) is 5.32 Å². The zero-order valence-corrected chi connectivity index (χ0v) is 10.4. The van der Waals surface area contributed by atoms with Crippen molar-refractivity contribution in [1.29, 1.82) is 0 Å².